The summed E-state index contributed by atoms with van der Waals surface area (Å²) < 4.78 is 74.0. The van der Waals surface area contributed by atoms with Gasteiger partial charge in [0.25, 0.3) is 0 Å². The van der Waals surface area contributed by atoms with Crippen LogP contribution in [0.1, 0.15) is 36.3 Å². The average molecular weight is 700 g/mol. The van der Waals surface area contributed by atoms with Crippen molar-refractivity contribution in [3.8, 4) is 34.5 Å². The molecule has 0 bridgehead atoms. The molecule has 0 aliphatic carbocycles. The lowest BCUT2D eigenvalue weighted by atomic mass is 9.93. The van der Waals surface area contributed by atoms with Crippen LogP contribution in [0.3, 0.4) is 0 Å². The molecule has 1 saturated heterocycles. The second-order valence-electron chi connectivity index (χ2n) is 10.7. The van der Waals surface area contributed by atoms with Crippen LogP contribution in [-0.2, 0) is 18.4 Å². The van der Waals surface area contributed by atoms with Gasteiger partial charge < -0.3 is 37.5 Å². The summed E-state index contributed by atoms with van der Waals surface area (Å²) in [5.41, 5.74) is 2.27. The molecular weight excluding hydrogens is 656 g/mol. The number of ether oxygens (including phenoxy) is 6. The van der Waals surface area contributed by atoms with E-state index in [1.807, 2.05) is 4.90 Å². The van der Waals surface area contributed by atoms with E-state index in [9.17, 15) is 13.8 Å². The van der Waals surface area contributed by atoms with Gasteiger partial charge in [-0.2, -0.15) is 0 Å². The normalized spacial score (nSPS) is 16.1. The fraction of sp³-hybridized carbons (Fsp3) is 0.361. The molecule has 264 valence electrons. The van der Waals surface area contributed by atoms with E-state index in [2.05, 4.69) is 0 Å². The number of hydrogen-bond acceptors (Lipinski definition) is 11. The first kappa shape index (κ1) is 37.5. The number of carbonyl (C=O) groups excluding carboxylic acids is 1. The van der Waals surface area contributed by atoms with Gasteiger partial charge in [-0.1, -0.05) is 12.1 Å². The molecular formula is C36H43FNO10P. The highest BCUT2D eigenvalue weighted by molar-refractivity contribution is 7.54. The molecule has 0 N–H and O–H groups in total. The number of likely N-dealkylation sites (tertiary alicyclic amines) is 1. The van der Waals surface area contributed by atoms with Gasteiger partial charge in [0.05, 0.1) is 55.9 Å². The zero-order valence-electron chi connectivity index (χ0n) is 29.0. The number of benzene rings is 3. The van der Waals surface area contributed by atoms with Gasteiger partial charge in [0, 0.05) is 35.4 Å². The van der Waals surface area contributed by atoms with Crippen molar-refractivity contribution in [2.45, 2.75) is 19.6 Å². The number of nitrogens with zero attached hydrogens (tertiary/aromatic N) is 1. The van der Waals surface area contributed by atoms with Gasteiger partial charge in [-0.25, -0.2) is 4.39 Å². The molecule has 1 aliphatic heterocycles. The van der Waals surface area contributed by atoms with Crippen molar-refractivity contribution in [3.05, 3.63) is 82.2 Å². The third kappa shape index (κ3) is 7.94. The van der Waals surface area contributed by atoms with Crippen LogP contribution in [0.5, 0.6) is 34.5 Å². The minimum Gasteiger partial charge on any atom is -0.493 e. The Morgan fingerprint density at radius 3 is 1.47 bits per heavy atom. The molecule has 0 aromatic heterocycles. The molecule has 3 aromatic carbocycles. The van der Waals surface area contributed by atoms with E-state index in [0.29, 0.717) is 62.3 Å². The number of rotatable bonds is 15. The van der Waals surface area contributed by atoms with Crippen molar-refractivity contribution in [2.24, 2.45) is 0 Å². The Balaban J connectivity index is 1.99. The highest BCUT2D eigenvalue weighted by atomic mass is 31.2. The summed E-state index contributed by atoms with van der Waals surface area (Å²) in [7, 11) is 5.07. The van der Waals surface area contributed by atoms with Gasteiger partial charge in [-0.3, -0.25) is 14.3 Å². The van der Waals surface area contributed by atoms with Gasteiger partial charge in [0.2, 0.25) is 11.5 Å². The zero-order chi connectivity index (χ0) is 35.7. The van der Waals surface area contributed by atoms with Crippen LogP contribution >= 0.6 is 7.60 Å². The van der Waals surface area contributed by atoms with E-state index in [4.69, 9.17) is 37.5 Å². The van der Waals surface area contributed by atoms with Crippen LogP contribution in [0, 0.1) is 5.82 Å². The van der Waals surface area contributed by atoms with Crippen LogP contribution in [0.2, 0.25) is 0 Å². The summed E-state index contributed by atoms with van der Waals surface area (Å²) in [5.74, 6) is 0.582. The fourth-order valence-corrected chi connectivity index (χ4v) is 8.03. The molecule has 1 heterocycles. The molecule has 11 nitrogen and oxygen atoms in total. The summed E-state index contributed by atoms with van der Waals surface area (Å²) in [6, 6.07) is 12.6. The lowest BCUT2D eigenvalue weighted by Gasteiger charge is -2.39. The molecule has 3 aromatic rings. The minimum atomic E-state index is -3.93. The van der Waals surface area contributed by atoms with Gasteiger partial charge in [-0.15, -0.1) is 0 Å². The summed E-state index contributed by atoms with van der Waals surface area (Å²) in [6.45, 7) is 3.69. The highest BCUT2D eigenvalue weighted by Crippen LogP contribution is 2.63. The van der Waals surface area contributed by atoms with E-state index in [0.717, 1.165) is 0 Å². The Labute approximate surface area is 286 Å². The number of Topliss-reactive ketones (excluding diaryl/α,β-unsaturated/α-hetero) is 1. The second kappa shape index (κ2) is 16.8. The van der Waals surface area contributed by atoms with Gasteiger partial charge in [-0.05, 0) is 68.0 Å². The maximum absolute atomic E-state index is 14.6. The van der Waals surface area contributed by atoms with Crippen molar-refractivity contribution >= 4 is 25.5 Å². The van der Waals surface area contributed by atoms with E-state index in [1.165, 1.54) is 54.8 Å². The Morgan fingerprint density at radius 2 is 1.10 bits per heavy atom. The number of hydrogen-bond donors (Lipinski definition) is 0. The first-order chi connectivity index (χ1) is 23.6. The SMILES string of the molecule is CCOP(=O)(OCC)C(c1ccc(F)cc1)N1C/C(=C\c2ccc(OC)c(OC)c2OC)C(=O)/C(=C/c2ccc(OC)c(OC)c2OC)C1. The summed E-state index contributed by atoms with van der Waals surface area (Å²) in [5, 5.41) is 0. The molecule has 0 amide bonds. The van der Waals surface area contributed by atoms with Crippen molar-refractivity contribution in [1.29, 1.82) is 0 Å². The Morgan fingerprint density at radius 1 is 0.673 bits per heavy atom. The summed E-state index contributed by atoms with van der Waals surface area (Å²) in [6.07, 6.45) is 3.39. The third-order valence-electron chi connectivity index (χ3n) is 7.89. The van der Waals surface area contributed by atoms with Crippen LogP contribution < -0.4 is 28.4 Å². The fourth-order valence-electron chi connectivity index (χ4n) is 5.86. The highest BCUT2D eigenvalue weighted by Gasteiger charge is 2.44. The number of ketones is 1. The Kier molecular flexibility index (Phi) is 12.9. The van der Waals surface area contributed by atoms with Crippen molar-refractivity contribution in [2.75, 3.05) is 69.0 Å². The monoisotopic (exact) mass is 699 g/mol. The topological polar surface area (TPSA) is 111 Å². The van der Waals surface area contributed by atoms with E-state index >= 15 is 0 Å². The molecule has 4 rings (SSSR count). The molecule has 1 atom stereocenters. The van der Waals surface area contributed by atoms with Gasteiger partial charge in [0.1, 0.15) is 11.6 Å². The predicted molar refractivity (Wildman–Crippen MR) is 185 cm³/mol. The number of halogens is 1. The van der Waals surface area contributed by atoms with Crippen LogP contribution in [0.25, 0.3) is 12.2 Å². The minimum absolute atomic E-state index is 0.0307. The summed E-state index contributed by atoms with van der Waals surface area (Å²) in [4.78, 5) is 16.2. The van der Waals surface area contributed by atoms with Crippen molar-refractivity contribution < 1.29 is 51.2 Å². The largest absolute Gasteiger partial charge is 0.493 e. The zero-order valence-corrected chi connectivity index (χ0v) is 29.9. The van der Waals surface area contributed by atoms with Gasteiger partial charge in [0.15, 0.2) is 28.8 Å². The van der Waals surface area contributed by atoms with Crippen LogP contribution in [0.4, 0.5) is 4.39 Å². The first-order valence-corrected chi connectivity index (χ1v) is 17.2. The van der Waals surface area contributed by atoms with E-state index < -0.39 is 19.2 Å². The van der Waals surface area contributed by atoms with Crippen LogP contribution in [0.15, 0.2) is 59.7 Å². The maximum Gasteiger partial charge on any atom is 0.352 e. The van der Waals surface area contributed by atoms with Crippen LogP contribution in [-0.4, -0.2) is 79.6 Å². The number of piperidine rings is 1. The lowest BCUT2D eigenvalue weighted by molar-refractivity contribution is -0.113. The molecule has 1 fully saturated rings. The second-order valence-corrected chi connectivity index (χ2v) is 12.8. The van der Waals surface area contributed by atoms with E-state index in [1.54, 1.807) is 62.4 Å². The quantitative estimate of drug-likeness (QED) is 0.119. The third-order valence-corrected chi connectivity index (χ3v) is 10.4. The number of carbonyl (C=O) groups is 1. The average Bonchev–Trinajstić information content (AvgIpc) is 3.10. The molecule has 0 radical (unpaired) electrons. The molecule has 1 aliphatic rings. The predicted octanol–water partition coefficient (Wildman–Crippen LogP) is 7.19. The van der Waals surface area contributed by atoms with Crippen molar-refractivity contribution in [1.82, 2.24) is 4.90 Å². The summed E-state index contributed by atoms with van der Waals surface area (Å²) >= 11 is 0. The number of methoxy groups -OCH3 is 6. The maximum atomic E-state index is 14.6. The molecule has 1 unspecified atom stereocenters. The van der Waals surface area contributed by atoms with Crippen molar-refractivity contribution in [3.63, 3.8) is 0 Å². The molecule has 13 heteroatoms. The van der Waals surface area contributed by atoms with E-state index in [-0.39, 0.29) is 32.1 Å². The standard InChI is InChI=1S/C36H43FNO10P/c1-9-47-49(40,48-10-2)36(23-11-15-28(37)16-12-23)38-21-26(19-24-13-17-29(41-3)34(45-7)32(24)43-5)31(39)27(22-38)20-25-14-18-30(42-4)35(46-8)33(25)44-6/h11-20,36H,9-10,21-22H2,1-8H3/b26-19+,27-20+. The smallest absolute Gasteiger partial charge is 0.352 e. The molecule has 0 saturated carbocycles. The van der Waals surface area contributed by atoms with Gasteiger partial charge >= 0.3 is 7.60 Å². The Hall–Kier alpha value is -4.35. The first-order valence-electron chi connectivity index (χ1n) is 15.5. The molecule has 49 heavy (non-hydrogen) atoms. The molecule has 0 spiro atoms. The Bertz CT molecular complexity index is 1640. The lowest BCUT2D eigenvalue weighted by Crippen LogP contribution is -2.40.